The van der Waals surface area contributed by atoms with Crippen molar-refractivity contribution in [2.24, 2.45) is 10.9 Å². The van der Waals surface area contributed by atoms with E-state index in [1.54, 1.807) is 20.8 Å². The second-order valence-electron chi connectivity index (χ2n) is 3.24. The quantitative estimate of drug-likeness (QED) is 0.304. The molecule has 0 heterocycles. The fourth-order valence-corrected chi connectivity index (χ4v) is 0.725. The first-order chi connectivity index (χ1) is 6.40. The molecule has 0 saturated carbocycles. The van der Waals surface area contributed by atoms with Crippen LogP contribution in [0.5, 0.6) is 0 Å². The van der Waals surface area contributed by atoms with E-state index in [1.807, 2.05) is 0 Å². The van der Waals surface area contributed by atoms with E-state index in [1.165, 1.54) is 11.9 Å². The summed E-state index contributed by atoms with van der Waals surface area (Å²) >= 11 is 0. The zero-order valence-corrected chi connectivity index (χ0v) is 8.89. The number of likely N-dealkylation sites (N-methyl/N-ethyl adjacent to an activating group) is 1. The highest BCUT2D eigenvalue weighted by atomic mass is 16.6. The Morgan fingerprint density at radius 3 is 2.36 bits per heavy atom. The largest absolute Gasteiger partial charge is 0.447 e. The molecule has 6 heteroatoms. The molecule has 0 aliphatic rings. The van der Waals surface area contributed by atoms with Gasteiger partial charge >= 0.3 is 6.09 Å². The van der Waals surface area contributed by atoms with E-state index in [2.05, 4.69) is 5.16 Å². The van der Waals surface area contributed by atoms with Crippen LogP contribution in [0, 0.1) is 0 Å². The average Bonchev–Trinajstić information content (AvgIpc) is 2.13. The lowest BCUT2D eigenvalue weighted by Gasteiger charge is -2.23. The standard InChI is InChI=1S/C8H17N3O3/c1-5(2)14-8(12)11(4)6(3)7(9)10-13/h5-6,13H,1-4H3,(H2,9,10). The van der Waals surface area contributed by atoms with Gasteiger partial charge in [-0.1, -0.05) is 5.16 Å². The molecule has 0 aliphatic carbocycles. The van der Waals surface area contributed by atoms with Crippen molar-refractivity contribution in [3.63, 3.8) is 0 Å². The molecule has 0 spiro atoms. The summed E-state index contributed by atoms with van der Waals surface area (Å²) in [6.45, 7) is 5.14. The van der Waals surface area contributed by atoms with E-state index < -0.39 is 12.1 Å². The number of amidine groups is 1. The number of oxime groups is 1. The Morgan fingerprint density at radius 2 is 2.00 bits per heavy atom. The van der Waals surface area contributed by atoms with Crippen LogP contribution in [0.4, 0.5) is 4.79 Å². The van der Waals surface area contributed by atoms with Crippen LogP contribution in [0.15, 0.2) is 5.16 Å². The van der Waals surface area contributed by atoms with Crippen molar-refractivity contribution in [1.82, 2.24) is 4.90 Å². The monoisotopic (exact) mass is 203 g/mol. The number of nitrogens with zero attached hydrogens (tertiary/aromatic N) is 2. The van der Waals surface area contributed by atoms with Gasteiger partial charge in [-0.3, -0.25) is 0 Å². The molecule has 0 radical (unpaired) electrons. The summed E-state index contributed by atoms with van der Waals surface area (Å²) in [4.78, 5) is 12.6. The molecule has 0 aromatic carbocycles. The molecule has 0 aromatic rings. The van der Waals surface area contributed by atoms with Crippen LogP contribution in [0.1, 0.15) is 20.8 Å². The lowest BCUT2D eigenvalue weighted by atomic mass is 10.3. The molecule has 1 atom stereocenters. The third-order valence-electron chi connectivity index (χ3n) is 1.75. The summed E-state index contributed by atoms with van der Waals surface area (Å²) in [5, 5.41) is 11.2. The molecule has 0 aromatic heterocycles. The Hall–Kier alpha value is -1.46. The summed E-state index contributed by atoms with van der Waals surface area (Å²) in [5.41, 5.74) is 5.34. The molecule has 6 nitrogen and oxygen atoms in total. The maximum atomic E-state index is 11.3. The van der Waals surface area contributed by atoms with Crippen LogP contribution >= 0.6 is 0 Å². The second-order valence-corrected chi connectivity index (χ2v) is 3.24. The summed E-state index contributed by atoms with van der Waals surface area (Å²) < 4.78 is 4.92. The highest BCUT2D eigenvalue weighted by molar-refractivity contribution is 5.87. The predicted octanol–water partition coefficient (Wildman–Crippen LogP) is 0.598. The Morgan fingerprint density at radius 1 is 1.50 bits per heavy atom. The molecule has 0 aliphatic heterocycles. The number of nitrogens with two attached hydrogens (primary N) is 1. The molecule has 1 unspecified atom stereocenters. The average molecular weight is 203 g/mol. The second kappa shape index (κ2) is 5.31. The number of carbonyl (C=O) groups is 1. The SMILES string of the molecule is CC(C)OC(=O)N(C)C(C)C(N)=NO. The van der Waals surface area contributed by atoms with Gasteiger partial charge in [-0.05, 0) is 20.8 Å². The molecule has 14 heavy (non-hydrogen) atoms. The van der Waals surface area contributed by atoms with Gasteiger partial charge in [0.2, 0.25) is 0 Å². The Labute approximate surface area is 83.3 Å². The van der Waals surface area contributed by atoms with Gasteiger partial charge in [0, 0.05) is 7.05 Å². The minimum Gasteiger partial charge on any atom is -0.447 e. The van der Waals surface area contributed by atoms with Crippen molar-refractivity contribution in [1.29, 1.82) is 0 Å². The molecule has 0 rings (SSSR count). The van der Waals surface area contributed by atoms with Crippen molar-refractivity contribution in [3.05, 3.63) is 0 Å². The number of ether oxygens (including phenoxy) is 1. The van der Waals surface area contributed by atoms with Crippen LogP contribution in [-0.4, -0.2) is 41.2 Å². The minimum absolute atomic E-state index is 0.0341. The number of hydrogen-bond acceptors (Lipinski definition) is 4. The molecule has 0 saturated heterocycles. The Balaban J connectivity index is 4.31. The first-order valence-corrected chi connectivity index (χ1v) is 4.31. The topological polar surface area (TPSA) is 88.2 Å². The molecule has 3 N–H and O–H groups in total. The fraction of sp³-hybridized carbons (Fsp3) is 0.750. The molecular formula is C8H17N3O3. The van der Waals surface area contributed by atoms with E-state index in [0.29, 0.717) is 0 Å². The van der Waals surface area contributed by atoms with Crippen molar-refractivity contribution in [2.75, 3.05) is 7.05 Å². The van der Waals surface area contributed by atoms with Crippen LogP contribution in [0.3, 0.4) is 0 Å². The zero-order chi connectivity index (χ0) is 11.3. The van der Waals surface area contributed by atoms with Gasteiger partial charge in [-0.2, -0.15) is 0 Å². The highest BCUT2D eigenvalue weighted by Crippen LogP contribution is 2.01. The van der Waals surface area contributed by atoms with Crippen LogP contribution in [0.25, 0.3) is 0 Å². The first kappa shape index (κ1) is 12.5. The lowest BCUT2D eigenvalue weighted by molar-refractivity contribution is 0.0805. The van der Waals surface area contributed by atoms with Gasteiger partial charge in [0.05, 0.1) is 12.1 Å². The van der Waals surface area contributed by atoms with Gasteiger partial charge in [-0.25, -0.2) is 4.79 Å². The summed E-state index contributed by atoms with van der Waals surface area (Å²) in [6.07, 6.45) is -0.691. The molecule has 0 fully saturated rings. The van der Waals surface area contributed by atoms with Gasteiger partial charge in [-0.15, -0.1) is 0 Å². The molecule has 82 valence electrons. The number of hydrogen-bond donors (Lipinski definition) is 2. The van der Waals surface area contributed by atoms with Crippen molar-refractivity contribution < 1.29 is 14.7 Å². The van der Waals surface area contributed by atoms with Gasteiger partial charge < -0.3 is 20.6 Å². The minimum atomic E-state index is -0.501. The number of carbonyl (C=O) groups excluding carboxylic acids is 1. The first-order valence-electron chi connectivity index (χ1n) is 4.31. The third-order valence-corrected chi connectivity index (χ3v) is 1.75. The molecule has 0 bridgehead atoms. The number of rotatable bonds is 3. The van der Waals surface area contributed by atoms with Crippen LogP contribution in [-0.2, 0) is 4.74 Å². The smallest absolute Gasteiger partial charge is 0.410 e. The van der Waals surface area contributed by atoms with Crippen molar-refractivity contribution >= 4 is 11.9 Å². The van der Waals surface area contributed by atoms with Gasteiger partial charge in [0.15, 0.2) is 5.84 Å². The Kier molecular flexibility index (Phi) is 4.76. The van der Waals surface area contributed by atoms with Crippen molar-refractivity contribution in [3.8, 4) is 0 Å². The third kappa shape index (κ3) is 3.51. The Bertz CT molecular complexity index is 228. The number of amides is 1. The fourth-order valence-electron chi connectivity index (χ4n) is 0.725. The molecular weight excluding hydrogens is 186 g/mol. The van der Waals surface area contributed by atoms with Crippen molar-refractivity contribution in [2.45, 2.75) is 32.9 Å². The molecule has 1 amide bonds. The lowest BCUT2D eigenvalue weighted by Crippen LogP contribution is -2.44. The predicted molar refractivity (Wildman–Crippen MR) is 52.3 cm³/mol. The summed E-state index contributed by atoms with van der Waals surface area (Å²) in [6, 6.07) is -0.494. The summed E-state index contributed by atoms with van der Waals surface area (Å²) in [5.74, 6) is -0.0341. The van der Waals surface area contributed by atoms with Crippen LogP contribution in [0.2, 0.25) is 0 Å². The van der Waals surface area contributed by atoms with Gasteiger partial charge in [0.25, 0.3) is 0 Å². The van der Waals surface area contributed by atoms with E-state index >= 15 is 0 Å². The highest BCUT2D eigenvalue weighted by Gasteiger charge is 2.20. The van der Waals surface area contributed by atoms with E-state index in [-0.39, 0.29) is 11.9 Å². The van der Waals surface area contributed by atoms with Crippen LogP contribution < -0.4 is 5.73 Å². The zero-order valence-electron chi connectivity index (χ0n) is 8.89. The van der Waals surface area contributed by atoms with Gasteiger partial charge in [0.1, 0.15) is 0 Å². The maximum Gasteiger partial charge on any atom is 0.410 e. The van der Waals surface area contributed by atoms with E-state index in [0.717, 1.165) is 0 Å². The maximum absolute atomic E-state index is 11.3. The van der Waals surface area contributed by atoms with E-state index in [9.17, 15) is 4.79 Å². The van der Waals surface area contributed by atoms with E-state index in [4.69, 9.17) is 15.7 Å². The summed E-state index contributed by atoms with van der Waals surface area (Å²) in [7, 11) is 1.52. The normalized spacial score (nSPS) is 13.9.